The van der Waals surface area contributed by atoms with Crippen LogP contribution in [0.5, 0.6) is 0 Å². The summed E-state index contributed by atoms with van der Waals surface area (Å²) in [6, 6.07) is -1.61. The van der Waals surface area contributed by atoms with Crippen molar-refractivity contribution in [2.45, 2.75) is 37.1 Å². The minimum atomic E-state index is -4.83. The van der Waals surface area contributed by atoms with E-state index in [-0.39, 0.29) is 0 Å². The van der Waals surface area contributed by atoms with Gasteiger partial charge >= 0.3 is 7.82 Å². The highest BCUT2D eigenvalue weighted by molar-refractivity contribution is 7.46. The molecule has 0 spiro atoms. The number of phosphoric ester groups is 1. The van der Waals surface area contributed by atoms with Crippen molar-refractivity contribution < 1.29 is 43.7 Å². The summed E-state index contributed by atoms with van der Waals surface area (Å²) in [6.45, 7) is 0.107. The summed E-state index contributed by atoms with van der Waals surface area (Å²) in [6.07, 6.45) is -4.94. The van der Waals surface area contributed by atoms with E-state index in [4.69, 9.17) is 20.3 Å². The molecule has 1 saturated heterocycles. The number of ether oxygens (including phenoxy) is 1. The maximum absolute atomic E-state index is 11.3. The van der Waals surface area contributed by atoms with Gasteiger partial charge in [0.05, 0.1) is 12.6 Å². The highest BCUT2D eigenvalue weighted by Crippen LogP contribution is 2.37. The molecule has 1 unspecified atom stereocenters. The molecule has 5 atom stereocenters. The minimum Gasteiger partial charge on any atom is -0.388 e. The lowest BCUT2D eigenvalue weighted by Gasteiger charge is -2.44. The van der Waals surface area contributed by atoms with Crippen LogP contribution in [0.4, 0.5) is 0 Å². The van der Waals surface area contributed by atoms with Crippen LogP contribution in [0.1, 0.15) is 6.92 Å². The Labute approximate surface area is 108 Å². The summed E-state index contributed by atoms with van der Waals surface area (Å²) in [7, 11) is -4.83. The van der Waals surface area contributed by atoms with Crippen LogP contribution in [0.3, 0.4) is 0 Å². The summed E-state index contributed by atoms with van der Waals surface area (Å²) in [5.41, 5.74) is 5.39. The lowest BCUT2D eigenvalue weighted by atomic mass is 9.89. The Hall–Kier alpha value is -0.420. The van der Waals surface area contributed by atoms with Crippen LogP contribution in [0.2, 0.25) is 0 Å². The Morgan fingerprint density at radius 3 is 2.37 bits per heavy atom. The largest absolute Gasteiger partial charge is 0.469 e. The van der Waals surface area contributed by atoms with Gasteiger partial charge in [0.2, 0.25) is 5.79 Å². The molecule has 19 heavy (non-hydrogen) atoms. The normalized spacial score (nSPS) is 40.2. The average molecular weight is 301 g/mol. The van der Waals surface area contributed by atoms with E-state index in [1.165, 1.54) is 0 Å². The molecule has 1 aliphatic rings. The van der Waals surface area contributed by atoms with Gasteiger partial charge in [0.1, 0.15) is 18.3 Å². The summed E-state index contributed by atoms with van der Waals surface area (Å²) in [4.78, 5) is 28.3. The van der Waals surface area contributed by atoms with E-state index in [0.29, 0.717) is 0 Å². The van der Waals surface area contributed by atoms with Crippen LogP contribution < -0.4 is 5.73 Å². The van der Waals surface area contributed by atoms with Gasteiger partial charge < -0.3 is 35.6 Å². The topological polar surface area (TPSA) is 180 Å². The van der Waals surface area contributed by atoms with Gasteiger partial charge in [-0.1, -0.05) is 0 Å². The molecule has 0 aromatic heterocycles. The summed E-state index contributed by atoms with van der Waals surface area (Å²) < 4.78 is 19.5. The molecular weight excluding hydrogens is 285 g/mol. The molecular formula is C8H16NO9P. The van der Waals surface area contributed by atoms with Crippen molar-refractivity contribution in [2.24, 2.45) is 5.73 Å². The maximum Gasteiger partial charge on any atom is 0.469 e. The molecule has 7 N–H and O–H groups in total. The predicted octanol–water partition coefficient (Wildman–Crippen LogP) is -3.18. The molecule has 0 aliphatic carbocycles. The Balaban J connectivity index is 2.88. The summed E-state index contributed by atoms with van der Waals surface area (Å²) in [5.74, 6) is -3.49. The van der Waals surface area contributed by atoms with Crippen molar-refractivity contribution in [2.75, 3.05) is 6.61 Å². The van der Waals surface area contributed by atoms with Gasteiger partial charge in [-0.3, -0.25) is 9.32 Å². The van der Waals surface area contributed by atoms with E-state index in [2.05, 4.69) is 4.52 Å². The van der Waals surface area contributed by atoms with Crippen LogP contribution in [0, 0.1) is 0 Å². The molecule has 0 amide bonds. The first-order valence-corrected chi connectivity index (χ1v) is 6.75. The molecule has 1 fully saturated rings. The number of phosphoric acid groups is 1. The van der Waals surface area contributed by atoms with Gasteiger partial charge in [-0.15, -0.1) is 0 Å². The van der Waals surface area contributed by atoms with Crippen LogP contribution in [0.25, 0.3) is 0 Å². The zero-order valence-corrected chi connectivity index (χ0v) is 10.8. The molecule has 1 rings (SSSR count). The minimum absolute atomic E-state index is 0.842. The first kappa shape index (κ1) is 16.6. The van der Waals surface area contributed by atoms with Crippen molar-refractivity contribution in [3.63, 3.8) is 0 Å². The number of rotatable bonds is 4. The molecule has 1 aliphatic heterocycles. The molecule has 1 heterocycles. The standard InChI is InChI=1S/C8H16NO9P/c1-3(10)8(13)7(9)6(12)5(11)4(18-8)2-17-19(14,15)16/h4-7,11-13H,2,9H2,1H3,(H2,14,15,16)/t4-,5-,6+,7+,8?/m1/s1. The first-order chi connectivity index (χ1) is 8.49. The third-order valence-corrected chi connectivity index (χ3v) is 3.28. The van der Waals surface area contributed by atoms with Crippen molar-refractivity contribution in [3.8, 4) is 0 Å². The van der Waals surface area contributed by atoms with Gasteiger partial charge in [0, 0.05) is 6.92 Å². The fraction of sp³-hybridized carbons (Fsp3) is 0.875. The van der Waals surface area contributed by atoms with Crippen LogP contribution in [0.15, 0.2) is 0 Å². The van der Waals surface area contributed by atoms with Crippen molar-refractivity contribution in [1.29, 1.82) is 0 Å². The fourth-order valence-electron chi connectivity index (χ4n) is 1.66. The number of aliphatic hydroxyl groups excluding tert-OH is 2. The second kappa shape index (κ2) is 5.52. The van der Waals surface area contributed by atoms with Crippen LogP contribution in [-0.4, -0.2) is 67.6 Å². The average Bonchev–Trinajstić information content (AvgIpc) is 2.28. The molecule has 112 valence electrons. The quantitative estimate of drug-likeness (QED) is 0.290. The number of carbonyl (C=O) groups is 1. The molecule has 0 bridgehead atoms. The van der Waals surface area contributed by atoms with E-state index in [1.54, 1.807) is 0 Å². The van der Waals surface area contributed by atoms with Gasteiger partial charge in [-0.25, -0.2) is 4.57 Å². The lowest BCUT2D eigenvalue weighted by Crippen LogP contribution is -2.70. The van der Waals surface area contributed by atoms with E-state index < -0.39 is 50.4 Å². The number of Topliss-reactive ketones (excluding diaryl/α,β-unsaturated/α-hetero) is 1. The van der Waals surface area contributed by atoms with Crippen molar-refractivity contribution in [3.05, 3.63) is 0 Å². The van der Waals surface area contributed by atoms with Gasteiger partial charge in [-0.05, 0) is 0 Å². The van der Waals surface area contributed by atoms with Crippen LogP contribution >= 0.6 is 7.82 Å². The van der Waals surface area contributed by atoms with E-state index in [1.807, 2.05) is 0 Å². The maximum atomic E-state index is 11.3. The van der Waals surface area contributed by atoms with Gasteiger partial charge in [-0.2, -0.15) is 0 Å². The Morgan fingerprint density at radius 1 is 1.42 bits per heavy atom. The predicted molar refractivity (Wildman–Crippen MR) is 58.5 cm³/mol. The number of hydrogen-bond acceptors (Lipinski definition) is 8. The monoisotopic (exact) mass is 301 g/mol. The molecule has 0 radical (unpaired) electrons. The zero-order valence-electron chi connectivity index (χ0n) is 9.91. The molecule has 0 aromatic rings. The SMILES string of the molecule is CC(=O)C1(O)O[C@H](COP(=O)(O)O)[C@@H](O)[C@H](O)[C@@H]1N. The fourth-order valence-corrected chi connectivity index (χ4v) is 2.00. The molecule has 11 heteroatoms. The smallest absolute Gasteiger partial charge is 0.388 e. The van der Waals surface area contributed by atoms with Crippen molar-refractivity contribution >= 4 is 13.6 Å². The van der Waals surface area contributed by atoms with Gasteiger partial charge in [0.25, 0.3) is 0 Å². The number of aliphatic hydroxyl groups is 3. The summed E-state index contributed by atoms with van der Waals surface area (Å²) in [5, 5.41) is 29.1. The third-order valence-electron chi connectivity index (χ3n) is 2.79. The molecule has 10 nitrogen and oxygen atoms in total. The first-order valence-electron chi connectivity index (χ1n) is 5.22. The van der Waals surface area contributed by atoms with E-state index in [0.717, 1.165) is 6.92 Å². The van der Waals surface area contributed by atoms with Crippen molar-refractivity contribution in [1.82, 2.24) is 0 Å². The number of ketones is 1. The zero-order chi connectivity index (χ0) is 15.0. The molecule has 0 saturated carbocycles. The lowest BCUT2D eigenvalue weighted by molar-refractivity contribution is -0.296. The summed E-state index contributed by atoms with van der Waals surface area (Å²) >= 11 is 0. The van der Waals surface area contributed by atoms with Gasteiger partial charge in [0.15, 0.2) is 5.78 Å². The highest BCUT2D eigenvalue weighted by Gasteiger charge is 2.54. The number of carbonyl (C=O) groups excluding carboxylic acids is 1. The Kier molecular flexibility index (Phi) is 4.84. The Morgan fingerprint density at radius 2 is 1.95 bits per heavy atom. The Bertz CT molecular complexity index is 398. The third kappa shape index (κ3) is 3.57. The second-order valence-corrected chi connectivity index (χ2v) is 5.44. The second-order valence-electron chi connectivity index (χ2n) is 4.20. The highest BCUT2D eigenvalue weighted by atomic mass is 31.2. The van der Waals surface area contributed by atoms with E-state index >= 15 is 0 Å². The molecule has 0 aromatic carbocycles. The number of nitrogens with two attached hydrogens (primary N) is 1. The number of hydrogen-bond donors (Lipinski definition) is 6. The van der Waals surface area contributed by atoms with Crippen LogP contribution in [-0.2, 0) is 18.6 Å². The van der Waals surface area contributed by atoms with E-state index in [9.17, 15) is 24.7 Å².